The molecule has 160 valence electrons. The van der Waals surface area contributed by atoms with Crippen molar-refractivity contribution in [1.29, 1.82) is 0 Å². The van der Waals surface area contributed by atoms with Crippen LogP contribution in [0.5, 0.6) is 5.75 Å². The van der Waals surface area contributed by atoms with E-state index in [2.05, 4.69) is 0 Å². The molecule has 0 atom stereocenters. The number of carbonyl (C=O) groups excluding carboxylic acids is 2. The first kappa shape index (κ1) is 21.7. The summed E-state index contributed by atoms with van der Waals surface area (Å²) in [6.45, 7) is 3.95. The molecule has 1 saturated heterocycles. The molecule has 30 heavy (non-hydrogen) atoms. The lowest BCUT2D eigenvalue weighted by Gasteiger charge is -2.35. The first-order valence-electron chi connectivity index (χ1n) is 9.74. The summed E-state index contributed by atoms with van der Waals surface area (Å²) in [5, 5.41) is 0. The van der Waals surface area contributed by atoms with Gasteiger partial charge in [-0.15, -0.1) is 0 Å². The fourth-order valence-corrected chi connectivity index (χ4v) is 3.30. The lowest BCUT2D eigenvalue weighted by atomic mass is 10.1. The van der Waals surface area contributed by atoms with E-state index in [9.17, 15) is 22.8 Å². The Balaban J connectivity index is 1.52. The molecule has 1 aliphatic heterocycles. The van der Waals surface area contributed by atoms with Crippen LogP contribution in [0.25, 0.3) is 0 Å². The molecule has 0 spiro atoms. The second kappa shape index (κ2) is 9.19. The highest BCUT2D eigenvalue weighted by Crippen LogP contribution is 2.29. The normalized spacial score (nSPS) is 14.5. The van der Waals surface area contributed by atoms with Crippen molar-refractivity contribution in [1.82, 2.24) is 9.80 Å². The van der Waals surface area contributed by atoms with Crippen molar-refractivity contribution < 1.29 is 27.5 Å². The van der Waals surface area contributed by atoms with Crippen LogP contribution in [0.1, 0.15) is 28.4 Å². The van der Waals surface area contributed by atoms with Crippen LogP contribution in [0, 0.1) is 0 Å². The minimum atomic E-state index is -4.43. The molecular formula is C22H23F3N2O3. The highest BCUT2D eigenvalue weighted by Gasteiger charge is 2.31. The number of halogens is 3. The number of carbonyl (C=O) groups is 2. The number of benzene rings is 2. The summed E-state index contributed by atoms with van der Waals surface area (Å²) >= 11 is 0. The molecular weight excluding hydrogens is 397 g/mol. The maximum Gasteiger partial charge on any atom is 0.416 e. The molecule has 2 aromatic rings. The van der Waals surface area contributed by atoms with E-state index in [1.807, 2.05) is 31.2 Å². The third kappa shape index (κ3) is 5.31. The van der Waals surface area contributed by atoms with Crippen molar-refractivity contribution in [3.8, 4) is 5.75 Å². The lowest BCUT2D eigenvalue weighted by molar-refractivity contribution is -0.137. The summed E-state index contributed by atoms with van der Waals surface area (Å²) in [6, 6.07) is 11.6. The highest BCUT2D eigenvalue weighted by atomic mass is 19.4. The predicted octanol–water partition coefficient (Wildman–Crippen LogP) is 3.63. The quantitative estimate of drug-likeness (QED) is 0.742. The lowest BCUT2D eigenvalue weighted by Crippen LogP contribution is -2.51. The van der Waals surface area contributed by atoms with Gasteiger partial charge in [0.15, 0.2) is 0 Å². The fraction of sp³-hybridized carbons (Fsp3) is 0.364. The van der Waals surface area contributed by atoms with Crippen molar-refractivity contribution >= 4 is 11.8 Å². The number of piperazine rings is 1. The molecule has 0 saturated carbocycles. The van der Waals surface area contributed by atoms with Crippen LogP contribution in [0.3, 0.4) is 0 Å². The third-order valence-electron chi connectivity index (χ3n) is 4.97. The summed E-state index contributed by atoms with van der Waals surface area (Å²) < 4.78 is 43.4. The van der Waals surface area contributed by atoms with Gasteiger partial charge in [0.2, 0.25) is 5.91 Å². The number of ether oxygens (including phenoxy) is 1. The standard InChI is InChI=1S/C22H23F3N2O3/c1-2-30-19-9-3-16(4-10-19)15-20(28)26-11-13-27(14-12-26)21(29)17-5-7-18(8-6-17)22(23,24)25/h3-10H,2,11-15H2,1H3. The number of nitrogens with zero attached hydrogens (tertiary/aromatic N) is 2. The van der Waals surface area contributed by atoms with Crippen LogP contribution < -0.4 is 4.74 Å². The minimum absolute atomic E-state index is 0.0270. The Kier molecular flexibility index (Phi) is 6.64. The Hall–Kier alpha value is -3.03. The maximum atomic E-state index is 12.7. The maximum absolute atomic E-state index is 12.7. The second-order valence-corrected chi connectivity index (χ2v) is 7.00. The van der Waals surface area contributed by atoms with Crippen LogP contribution in [0.2, 0.25) is 0 Å². The summed E-state index contributed by atoms with van der Waals surface area (Å²) in [4.78, 5) is 28.3. The molecule has 0 bridgehead atoms. The van der Waals surface area contributed by atoms with E-state index in [0.717, 1.165) is 23.4 Å². The van der Waals surface area contributed by atoms with Gasteiger partial charge in [0.05, 0.1) is 18.6 Å². The van der Waals surface area contributed by atoms with E-state index in [1.54, 1.807) is 9.80 Å². The Morgan fingerprint density at radius 3 is 2.00 bits per heavy atom. The van der Waals surface area contributed by atoms with Crippen molar-refractivity contribution in [3.63, 3.8) is 0 Å². The summed E-state index contributed by atoms with van der Waals surface area (Å²) in [5.41, 5.74) is 0.299. The SMILES string of the molecule is CCOc1ccc(CC(=O)N2CCN(C(=O)c3ccc(C(F)(F)F)cc3)CC2)cc1. The van der Waals surface area contributed by atoms with E-state index in [1.165, 1.54) is 12.1 Å². The summed E-state index contributed by atoms with van der Waals surface area (Å²) in [5.74, 6) is 0.396. The van der Waals surface area contributed by atoms with Gasteiger partial charge < -0.3 is 14.5 Å². The van der Waals surface area contributed by atoms with Gasteiger partial charge in [-0.3, -0.25) is 9.59 Å². The number of hydrogen-bond acceptors (Lipinski definition) is 3. The first-order valence-corrected chi connectivity index (χ1v) is 9.74. The van der Waals surface area contributed by atoms with Crippen LogP contribution in [0.4, 0.5) is 13.2 Å². The van der Waals surface area contributed by atoms with Crippen molar-refractivity contribution in [2.24, 2.45) is 0 Å². The predicted molar refractivity (Wildman–Crippen MR) is 105 cm³/mol. The van der Waals surface area contributed by atoms with Crippen LogP contribution in [0.15, 0.2) is 48.5 Å². The Morgan fingerprint density at radius 1 is 0.900 bits per heavy atom. The van der Waals surface area contributed by atoms with Gasteiger partial charge in [-0.05, 0) is 48.9 Å². The summed E-state index contributed by atoms with van der Waals surface area (Å²) in [6.07, 6.45) is -4.17. The average Bonchev–Trinajstić information content (AvgIpc) is 2.74. The number of rotatable bonds is 5. The monoisotopic (exact) mass is 420 g/mol. The van der Waals surface area contributed by atoms with E-state index in [0.29, 0.717) is 32.8 Å². The number of hydrogen-bond donors (Lipinski definition) is 0. The minimum Gasteiger partial charge on any atom is -0.494 e. The zero-order valence-electron chi connectivity index (χ0n) is 16.6. The Labute approximate surface area is 173 Å². The zero-order chi connectivity index (χ0) is 21.7. The average molecular weight is 420 g/mol. The molecule has 0 N–H and O–H groups in total. The number of amides is 2. The van der Waals surface area contributed by atoms with Gasteiger partial charge in [0, 0.05) is 31.7 Å². The summed E-state index contributed by atoms with van der Waals surface area (Å²) in [7, 11) is 0. The van der Waals surface area contributed by atoms with E-state index < -0.39 is 11.7 Å². The third-order valence-corrected chi connectivity index (χ3v) is 4.97. The molecule has 1 heterocycles. The van der Waals surface area contributed by atoms with E-state index >= 15 is 0 Å². The van der Waals surface area contributed by atoms with Crippen molar-refractivity contribution in [2.75, 3.05) is 32.8 Å². The van der Waals surface area contributed by atoms with Gasteiger partial charge in [0.1, 0.15) is 5.75 Å². The molecule has 1 aliphatic rings. The second-order valence-electron chi connectivity index (χ2n) is 7.00. The van der Waals surface area contributed by atoms with E-state index in [-0.39, 0.29) is 23.8 Å². The van der Waals surface area contributed by atoms with Gasteiger partial charge in [-0.1, -0.05) is 12.1 Å². The van der Waals surface area contributed by atoms with Crippen LogP contribution in [-0.4, -0.2) is 54.4 Å². The molecule has 0 aliphatic carbocycles. The van der Waals surface area contributed by atoms with Gasteiger partial charge >= 0.3 is 6.18 Å². The Bertz CT molecular complexity index is 872. The molecule has 2 aromatic carbocycles. The largest absolute Gasteiger partial charge is 0.494 e. The first-order chi connectivity index (χ1) is 14.3. The van der Waals surface area contributed by atoms with Crippen molar-refractivity contribution in [3.05, 3.63) is 65.2 Å². The van der Waals surface area contributed by atoms with Crippen LogP contribution >= 0.6 is 0 Å². The smallest absolute Gasteiger partial charge is 0.416 e. The van der Waals surface area contributed by atoms with Gasteiger partial charge in [-0.25, -0.2) is 0 Å². The molecule has 0 aromatic heterocycles. The fourth-order valence-electron chi connectivity index (χ4n) is 3.30. The molecule has 0 radical (unpaired) electrons. The molecule has 1 fully saturated rings. The van der Waals surface area contributed by atoms with Crippen molar-refractivity contribution in [2.45, 2.75) is 19.5 Å². The molecule has 0 unspecified atom stereocenters. The molecule has 5 nitrogen and oxygen atoms in total. The van der Waals surface area contributed by atoms with Gasteiger partial charge in [-0.2, -0.15) is 13.2 Å². The Morgan fingerprint density at radius 2 is 1.47 bits per heavy atom. The molecule has 3 rings (SSSR count). The zero-order valence-corrected chi connectivity index (χ0v) is 16.6. The molecule has 2 amide bonds. The van der Waals surface area contributed by atoms with E-state index in [4.69, 9.17) is 4.74 Å². The molecule has 8 heteroatoms. The highest BCUT2D eigenvalue weighted by molar-refractivity contribution is 5.94. The number of alkyl halides is 3. The topological polar surface area (TPSA) is 49.9 Å². The van der Waals surface area contributed by atoms with Crippen LogP contribution in [-0.2, 0) is 17.4 Å². The van der Waals surface area contributed by atoms with Gasteiger partial charge in [0.25, 0.3) is 5.91 Å².